The summed E-state index contributed by atoms with van der Waals surface area (Å²) in [6.45, 7) is 11.8. The molecule has 2 aliphatic carbocycles. The van der Waals surface area contributed by atoms with Crippen LogP contribution in [-0.4, -0.2) is 24.8 Å². The van der Waals surface area contributed by atoms with Gasteiger partial charge < -0.3 is 14.2 Å². The van der Waals surface area contributed by atoms with Gasteiger partial charge in [-0.1, -0.05) is 26.0 Å². The third kappa shape index (κ3) is 2.85. The van der Waals surface area contributed by atoms with E-state index in [0.29, 0.717) is 11.8 Å². The molecule has 0 unspecified atom stereocenters. The first kappa shape index (κ1) is 17.1. The van der Waals surface area contributed by atoms with Crippen LogP contribution in [0, 0.1) is 29.1 Å². The molecule has 24 heavy (non-hydrogen) atoms. The standard InChI is InChI=1S/C19H26O5/c1-10-6-7-14-17(19(14,4)5)16-13(8-22-11(2)20)9-23-18(15(10)16)24-12(3)21/h9,14-18H,1,6-8H2,2-5H3/t14-,15-,16-,17-,18+/m0/s1. The Morgan fingerprint density at radius 2 is 2.00 bits per heavy atom. The van der Waals surface area contributed by atoms with E-state index < -0.39 is 6.29 Å². The molecule has 5 nitrogen and oxygen atoms in total. The average Bonchev–Trinajstić information content (AvgIpc) is 3.07. The lowest BCUT2D eigenvalue weighted by Crippen LogP contribution is -2.40. The lowest BCUT2D eigenvalue weighted by molar-refractivity contribution is -0.181. The Bertz CT molecular complexity index is 603. The van der Waals surface area contributed by atoms with E-state index in [4.69, 9.17) is 14.2 Å². The molecule has 0 saturated heterocycles. The Kier molecular flexibility index (Phi) is 4.22. The minimum absolute atomic E-state index is 0.0822. The largest absolute Gasteiger partial charge is 0.462 e. The average molecular weight is 334 g/mol. The van der Waals surface area contributed by atoms with Crippen LogP contribution in [0.4, 0.5) is 0 Å². The smallest absolute Gasteiger partial charge is 0.305 e. The molecule has 1 aliphatic heterocycles. The lowest BCUT2D eigenvalue weighted by Gasteiger charge is -2.39. The van der Waals surface area contributed by atoms with Gasteiger partial charge >= 0.3 is 11.9 Å². The second-order valence-corrected chi connectivity index (χ2v) is 7.79. The number of carbonyl (C=O) groups is 2. The molecule has 0 aromatic rings. The van der Waals surface area contributed by atoms with E-state index in [1.54, 1.807) is 6.26 Å². The van der Waals surface area contributed by atoms with Crippen molar-refractivity contribution in [2.45, 2.75) is 46.8 Å². The van der Waals surface area contributed by atoms with Gasteiger partial charge in [0.25, 0.3) is 0 Å². The molecular weight excluding hydrogens is 308 g/mol. The van der Waals surface area contributed by atoms with Crippen molar-refractivity contribution in [3.8, 4) is 0 Å². The van der Waals surface area contributed by atoms with E-state index in [0.717, 1.165) is 24.0 Å². The summed E-state index contributed by atoms with van der Waals surface area (Å²) in [6, 6.07) is 0. The molecule has 2 fully saturated rings. The summed E-state index contributed by atoms with van der Waals surface area (Å²) in [5.41, 5.74) is 2.25. The molecule has 0 spiro atoms. The van der Waals surface area contributed by atoms with Crippen LogP contribution in [0.3, 0.4) is 0 Å². The van der Waals surface area contributed by atoms with Gasteiger partial charge in [0.1, 0.15) is 6.61 Å². The fourth-order valence-electron chi connectivity index (χ4n) is 4.76. The van der Waals surface area contributed by atoms with Gasteiger partial charge in [0, 0.05) is 25.3 Å². The van der Waals surface area contributed by atoms with Crippen LogP contribution in [0.1, 0.15) is 40.5 Å². The molecule has 3 rings (SSSR count). The van der Waals surface area contributed by atoms with Gasteiger partial charge in [0.05, 0.1) is 12.2 Å². The van der Waals surface area contributed by atoms with Crippen LogP contribution >= 0.6 is 0 Å². The van der Waals surface area contributed by atoms with Gasteiger partial charge in [-0.15, -0.1) is 0 Å². The summed E-state index contributed by atoms with van der Waals surface area (Å²) in [4.78, 5) is 22.7. The van der Waals surface area contributed by atoms with E-state index in [2.05, 4.69) is 20.4 Å². The maximum Gasteiger partial charge on any atom is 0.305 e. The maximum absolute atomic E-state index is 11.5. The molecule has 5 heteroatoms. The molecule has 0 N–H and O–H groups in total. The summed E-state index contributed by atoms with van der Waals surface area (Å²) in [6.07, 6.45) is 2.99. The van der Waals surface area contributed by atoms with Crippen LogP contribution < -0.4 is 0 Å². The summed E-state index contributed by atoms with van der Waals surface area (Å²) in [5.74, 6) is 0.457. The zero-order chi connectivity index (χ0) is 17.6. The molecule has 3 aliphatic rings. The van der Waals surface area contributed by atoms with Gasteiger partial charge in [-0.25, -0.2) is 0 Å². The highest BCUT2D eigenvalue weighted by Crippen LogP contribution is 2.69. The summed E-state index contributed by atoms with van der Waals surface area (Å²) < 4.78 is 16.4. The Hall–Kier alpha value is -1.78. The van der Waals surface area contributed by atoms with Crippen molar-refractivity contribution in [1.29, 1.82) is 0 Å². The van der Waals surface area contributed by atoms with E-state index in [-0.39, 0.29) is 35.8 Å². The zero-order valence-corrected chi connectivity index (χ0v) is 14.8. The molecule has 0 bridgehead atoms. The van der Waals surface area contributed by atoms with Gasteiger partial charge in [-0.3, -0.25) is 9.59 Å². The van der Waals surface area contributed by atoms with Crippen LogP contribution in [0.2, 0.25) is 0 Å². The van der Waals surface area contributed by atoms with Crippen molar-refractivity contribution in [3.05, 3.63) is 24.0 Å². The van der Waals surface area contributed by atoms with Crippen molar-refractivity contribution in [2.24, 2.45) is 29.1 Å². The number of hydrogen-bond acceptors (Lipinski definition) is 5. The second kappa shape index (κ2) is 5.94. The topological polar surface area (TPSA) is 61.8 Å². The predicted octanol–water partition coefficient (Wildman–Crippen LogP) is 3.21. The quantitative estimate of drug-likeness (QED) is 0.586. The summed E-state index contributed by atoms with van der Waals surface area (Å²) >= 11 is 0. The summed E-state index contributed by atoms with van der Waals surface area (Å²) in [7, 11) is 0. The van der Waals surface area contributed by atoms with Crippen molar-refractivity contribution in [2.75, 3.05) is 6.61 Å². The fraction of sp³-hybridized carbons (Fsp3) is 0.684. The zero-order valence-electron chi connectivity index (χ0n) is 14.8. The first-order valence-corrected chi connectivity index (χ1v) is 8.56. The highest BCUT2D eigenvalue weighted by molar-refractivity contribution is 5.66. The number of carbonyl (C=O) groups excluding carboxylic acids is 2. The monoisotopic (exact) mass is 334 g/mol. The van der Waals surface area contributed by atoms with Crippen molar-refractivity contribution < 1.29 is 23.8 Å². The SMILES string of the molecule is C=C1CC[C@H]2[C@@H]([C@H]3C(COC(C)=O)=CO[C@H](OC(C)=O)[C@@H]13)C2(C)C. The molecule has 5 atom stereocenters. The first-order valence-electron chi connectivity index (χ1n) is 8.56. The molecule has 0 aromatic heterocycles. The third-order valence-electron chi connectivity index (χ3n) is 5.96. The Morgan fingerprint density at radius 1 is 1.29 bits per heavy atom. The number of rotatable bonds is 3. The lowest BCUT2D eigenvalue weighted by atomic mass is 9.75. The fourth-order valence-corrected chi connectivity index (χ4v) is 4.76. The number of hydrogen-bond donors (Lipinski definition) is 0. The van der Waals surface area contributed by atoms with Gasteiger partial charge in [-0.2, -0.15) is 0 Å². The van der Waals surface area contributed by atoms with Gasteiger partial charge in [-0.05, 0) is 30.1 Å². The van der Waals surface area contributed by atoms with Gasteiger partial charge in [0.15, 0.2) is 0 Å². The Labute approximate surface area is 143 Å². The van der Waals surface area contributed by atoms with Crippen molar-refractivity contribution in [3.63, 3.8) is 0 Å². The van der Waals surface area contributed by atoms with Crippen LogP contribution in [0.15, 0.2) is 24.0 Å². The number of fused-ring (bicyclic) bond motifs is 3. The van der Waals surface area contributed by atoms with E-state index >= 15 is 0 Å². The van der Waals surface area contributed by atoms with E-state index in [9.17, 15) is 9.59 Å². The molecule has 1 heterocycles. The van der Waals surface area contributed by atoms with Crippen molar-refractivity contribution >= 4 is 11.9 Å². The molecule has 0 aromatic carbocycles. The van der Waals surface area contributed by atoms with Gasteiger partial charge in [0.2, 0.25) is 6.29 Å². The third-order valence-corrected chi connectivity index (χ3v) is 5.96. The normalized spacial score (nSPS) is 36.2. The first-order chi connectivity index (χ1) is 11.2. The molecule has 2 saturated carbocycles. The van der Waals surface area contributed by atoms with E-state index in [1.807, 2.05) is 0 Å². The Balaban J connectivity index is 1.94. The second-order valence-electron chi connectivity index (χ2n) is 7.79. The van der Waals surface area contributed by atoms with Crippen LogP contribution in [0.25, 0.3) is 0 Å². The highest BCUT2D eigenvalue weighted by atomic mass is 16.7. The van der Waals surface area contributed by atoms with Crippen molar-refractivity contribution in [1.82, 2.24) is 0 Å². The minimum Gasteiger partial charge on any atom is -0.462 e. The maximum atomic E-state index is 11.5. The Morgan fingerprint density at radius 3 is 2.62 bits per heavy atom. The summed E-state index contributed by atoms with van der Waals surface area (Å²) in [5, 5.41) is 0. The molecular formula is C19H26O5. The van der Waals surface area contributed by atoms with Crippen LogP contribution in [-0.2, 0) is 23.8 Å². The molecule has 132 valence electrons. The minimum atomic E-state index is -0.642. The highest BCUT2D eigenvalue weighted by Gasteiger charge is 2.65. The molecule has 0 radical (unpaired) electrons. The molecule has 0 amide bonds. The van der Waals surface area contributed by atoms with Crippen LogP contribution in [0.5, 0.6) is 0 Å². The predicted molar refractivity (Wildman–Crippen MR) is 87.5 cm³/mol. The number of ether oxygens (including phenoxy) is 3. The number of esters is 2. The van der Waals surface area contributed by atoms with E-state index in [1.165, 1.54) is 13.8 Å².